The van der Waals surface area contributed by atoms with Crippen molar-refractivity contribution in [1.82, 2.24) is 0 Å². The normalized spacial score (nSPS) is 10.3. The van der Waals surface area contributed by atoms with Crippen molar-refractivity contribution in [1.29, 1.82) is 0 Å². The van der Waals surface area contributed by atoms with Crippen molar-refractivity contribution in [3.63, 3.8) is 0 Å². The molecule has 4 nitrogen and oxygen atoms in total. The molecule has 0 aromatic heterocycles. The van der Waals surface area contributed by atoms with Gasteiger partial charge in [0, 0.05) is 0 Å². The van der Waals surface area contributed by atoms with E-state index in [1.807, 2.05) is 13.8 Å². The molecule has 18 heavy (non-hydrogen) atoms. The van der Waals surface area contributed by atoms with Gasteiger partial charge in [-0.15, -0.1) is 0 Å². The van der Waals surface area contributed by atoms with Crippen LogP contribution in [0.25, 0.3) is 0 Å². The molecule has 1 aromatic carbocycles. The van der Waals surface area contributed by atoms with Crippen LogP contribution in [0.1, 0.15) is 58.5 Å². The molecule has 0 atom stereocenters. The average molecular weight is 250 g/mol. The number of hydrogen-bond acceptors (Lipinski definition) is 2. The van der Waals surface area contributed by atoms with Gasteiger partial charge in [-0.05, 0) is 42.5 Å². The van der Waals surface area contributed by atoms with Crippen LogP contribution < -0.4 is 0 Å². The van der Waals surface area contributed by atoms with Gasteiger partial charge in [0.05, 0.1) is 11.1 Å². The molecule has 0 amide bonds. The van der Waals surface area contributed by atoms with Crippen LogP contribution in [0, 0.1) is 0 Å². The van der Waals surface area contributed by atoms with Gasteiger partial charge in [0.2, 0.25) is 0 Å². The lowest BCUT2D eigenvalue weighted by Gasteiger charge is -2.14. The Morgan fingerprint density at radius 1 is 1.00 bits per heavy atom. The maximum absolute atomic E-state index is 11.2. The summed E-state index contributed by atoms with van der Waals surface area (Å²) in [6, 6.07) is 2.79. The zero-order valence-corrected chi connectivity index (χ0v) is 10.7. The van der Waals surface area contributed by atoms with Crippen LogP contribution in [0.15, 0.2) is 12.1 Å². The summed E-state index contributed by atoms with van der Waals surface area (Å²) in [7, 11) is 0. The van der Waals surface area contributed by atoms with Crippen molar-refractivity contribution in [3.05, 3.63) is 34.4 Å². The van der Waals surface area contributed by atoms with E-state index in [4.69, 9.17) is 10.2 Å². The lowest BCUT2D eigenvalue weighted by atomic mass is 9.91. The highest BCUT2D eigenvalue weighted by Gasteiger charge is 2.19. The number of aromatic carboxylic acids is 2. The molecule has 0 aliphatic rings. The van der Waals surface area contributed by atoms with Crippen molar-refractivity contribution >= 4 is 11.9 Å². The second-order valence-corrected chi connectivity index (χ2v) is 4.19. The zero-order chi connectivity index (χ0) is 13.7. The molecule has 0 bridgehead atoms. The van der Waals surface area contributed by atoms with E-state index < -0.39 is 11.9 Å². The fourth-order valence-corrected chi connectivity index (χ4v) is 2.14. The number of unbranched alkanes of at least 4 members (excludes halogenated alkanes) is 1. The highest BCUT2D eigenvalue weighted by molar-refractivity contribution is 5.95. The Bertz CT molecular complexity index is 463. The van der Waals surface area contributed by atoms with E-state index in [-0.39, 0.29) is 11.1 Å². The molecule has 0 spiro atoms. The SMILES string of the molecule is CCCCc1c(C(=O)O)ccc(C(=O)O)c1CC. The third-order valence-corrected chi connectivity index (χ3v) is 3.03. The molecule has 0 saturated heterocycles. The summed E-state index contributed by atoms with van der Waals surface area (Å²) in [6.07, 6.45) is 2.94. The van der Waals surface area contributed by atoms with Gasteiger partial charge in [0.1, 0.15) is 0 Å². The van der Waals surface area contributed by atoms with E-state index in [0.717, 1.165) is 12.8 Å². The number of carboxylic acids is 2. The van der Waals surface area contributed by atoms with Gasteiger partial charge in [0.25, 0.3) is 0 Å². The van der Waals surface area contributed by atoms with Crippen molar-refractivity contribution in [3.8, 4) is 0 Å². The molecule has 0 radical (unpaired) electrons. The second-order valence-electron chi connectivity index (χ2n) is 4.19. The summed E-state index contributed by atoms with van der Waals surface area (Å²) in [4.78, 5) is 22.3. The molecule has 1 aromatic rings. The molecule has 2 N–H and O–H groups in total. The molecule has 0 aliphatic heterocycles. The smallest absolute Gasteiger partial charge is 0.335 e. The highest BCUT2D eigenvalue weighted by atomic mass is 16.4. The van der Waals surface area contributed by atoms with E-state index in [9.17, 15) is 9.59 Å². The fraction of sp³-hybridized carbons (Fsp3) is 0.429. The van der Waals surface area contributed by atoms with Crippen LogP contribution in [0.2, 0.25) is 0 Å². The third kappa shape index (κ3) is 2.88. The van der Waals surface area contributed by atoms with E-state index >= 15 is 0 Å². The van der Waals surface area contributed by atoms with Crippen LogP contribution in [0.3, 0.4) is 0 Å². The van der Waals surface area contributed by atoms with E-state index in [2.05, 4.69) is 0 Å². The predicted molar refractivity (Wildman–Crippen MR) is 68.4 cm³/mol. The highest BCUT2D eigenvalue weighted by Crippen LogP contribution is 2.23. The van der Waals surface area contributed by atoms with Crippen LogP contribution in [-0.4, -0.2) is 22.2 Å². The van der Waals surface area contributed by atoms with Gasteiger partial charge in [-0.1, -0.05) is 20.3 Å². The predicted octanol–water partition coefficient (Wildman–Crippen LogP) is 2.99. The Morgan fingerprint density at radius 2 is 1.50 bits per heavy atom. The molecule has 0 heterocycles. The largest absolute Gasteiger partial charge is 0.478 e. The Morgan fingerprint density at radius 3 is 1.89 bits per heavy atom. The van der Waals surface area contributed by atoms with Gasteiger partial charge in [0.15, 0.2) is 0 Å². The van der Waals surface area contributed by atoms with Crippen molar-refractivity contribution in [2.75, 3.05) is 0 Å². The summed E-state index contributed by atoms with van der Waals surface area (Å²) in [5.74, 6) is -1.99. The summed E-state index contributed by atoms with van der Waals surface area (Å²) in [5.41, 5.74) is 1.77. The van der Waals surface area contributed by atoms with Gasteiger partial charge in [-0.3, -0.25) is 0 Å². The molecule has 98 valence electrons. The van der Waals surface area contributed by atoms with Crippen molar-refractivity contribution in [2.24, 2.45) is 0 Å². The molecule has 1 rings (SSSR count). The average Bonchev–Trinajstić information content (AvgIpc) is 2.34. The molecule has 0 aliphatic carbocycles. The monoisotopic (exact) mass is 250 g/mol. The van der Waals surface area contributed by atoms with Crippen LogP contribution in [-0.2, 0) is 12.8 Å². The molecule has 0 saturated carbocycles. The minimum Gasteiger partial charge on any atom is -0.478 e. The maximum Gasteiger partial charge on any atom is 0.335 e. The first-order valence-electron chi connectivity index (χ1n) is 6.14. The number of carboxylic acid groups (broad SMARTS) is 2. The Labute approximate surface area is 106 Å². The lowest BCUT2D eigenvalue weighted by Crippen LogP contribution is -2.11. The van der Waals surface area contributed by atoms with Gasteiger partial charge in [-0.25, -0.2) is 9.59 Å². The van der Waals surface area contributed by atoms with E-state index in [1.165, 1.54) is 12.1 Å². The van der Waals surface area contributed by atoms with Crippen LogP contribution >= 0.6 is 0 Å². The van der Waals surface area contributed by atoms with Crippen LogP contribution in [0.4, 0.5) is 0 Å². The first-order valence-corrected chi connectivity index (χ1v) is 6.14. The summed E-state index contributed by atoms with van der Waals surface area (Å²) in [6.45, 7) is 3.87. The number of rotatable bonds is 6. The number of benzene rings is 1. The molecular weight excluding hydrogens is 232 g/mol. The Hall–Kier alpha value is -1.84. The van der Waals surface area contributed by atoms with Gasteiger partial charge < -0.3 is 10.2 Å². The van der Waals surface area contributed by atoms with Crippen molar-refractivity contribution in [2.45, 2.75) is 39.5 Å². The maximum atomic E-state index is 11.2. The molecular formula is C14H18O4. The zero-order valence-electron chi connectivity index (χ0n) is 10.7. The summed E-state index contributed by atoms with van der Waals surface area (Å²) < 4.78 is 0. The summed E-state index contributed by atoms with van der Waals surface area (Å²) in [5, 5.41) is 18.3. The molecule has 0 unspecified atom stereocenters. The Balaban J connectivity index is 3.40. The minimum atomic E-state index is -0.999. The minimum absolute atomic E-state index is 0.216. The van der Waals surface area contributed by atoms with E-state index in [0.29, 0.717) is 24.0 Å². The van der Waals surface area contributed by atoms with Crippen molar-refractivity contribution < 1.29 is 19.8 Å². The van der Waals surface area contributed by atoms with E-state index in [1.54, 1.807) is 0 Å². The summed E-state index contributed by atoms with van der Waals surface area (Å²) >= 11 is 0. The number of hydrogen-bond donors (Lipinski definition) is 2. The van der Waals surface area contributed by atoms with Crippen LogP contribution in [0.5, 0.6) is 0 Å². The van der Waals surface area contributed by atoms with Gasteiger partial charge >= 0.3 is 11.9 Å². The quantitative estimate of drug-likeness (QED) is 0.813. The first-order chi connectivity index (χ1) is 8.52. The van der Waals surface area contributed by atoms with Gasteiger partial charge in [-0.2, -0.15) is 0 Å². The number of carbonyl (C=O) groups is 2. The second kappa shape index (κ2) is 6.19. The molecule has 4 heteroatoms. The standard InChI is InChI=1S/C14H18O4/c1-3-5-6-10-9(4-2)11(13(15)16)7-8-12(10)14(17)18/h7-8H,3-6H2,1-2H3,(H,15,16)(H,17,18). The fourth-order valence-electron chi connectivity index (χ4n) is 2.14. The third-order valence-electron chi connectivity index (χ3n) is 3.03. The Kier molecular flexibility index (Phi) is 4.89. The molecule has 0 fully saturated rings. The topological polar surface area (TPSA) is 74.6 Å². The first kappa shape index (κ1) is 14.2. The lowest BCUT2D eigenvalue weighted by molar-refractivity contribution is 0.0679.